The molecule has 0 aromatic rings. The van der Waals surface area contributed by atoms with Gasteiger partial charge in [-0.05, 0) is 38.8 Å². The number of amidine groups is 1. The van der Waals surface area contributed by atoms with Gasteiger partial charge in [0.05, 0.1) is 0 Å². The Kier molecular flexibility index (Phi) is 9.69. The van der Waals surface area contributed by atoms with Gasteiger partial charge in [0.25, 0.3) is 0 Å². The van der Waals surface area contributed by atoms with Crippen molar-refractivity contribution < 1.29 is 10.3 Å². The van der Waals surface area contributed by atoms with Crippen molar-refractivity contribution in [2.45, 2.75) is 52.4 Å². The van der Waals surface area contributed by atoms with Crippen LogP contribution in [0, 0.1) is 5.41 Å². The van der Waals surface area contributed by atoms with Crippen molar-refractivity contribution in [1.29, 1.82) is 0 Å². The molecule has 0 rings (SSSR count). The molecule has 5 heteroatoms. The zero-order valence-electron chi connectivity index (χ0n) is 11.8. The Morgan fingerprint density at radius 2 is 1.72 bits per heavy atom. The van der Waals surface area contributed by atoms with Crippen molar-refractivity contribution in [2.24, 2.45) is 16.3 Å². The first-order valence-corrected chi connectivity index (χ1v) is 6.84. The van der Waals surface area contributed by atoms with Crippen molar-refractivity contribution in [2.75, 3.05) is 19.7 Å². The van der Waals surface area contributed by atoms with Crippen molar-refractivity contribution in [3.05, 3.63) is 0 Å². The lowest BCUT2D eigenvalue weighted by Gasteiger charge is -2.22. The number of hydrogen-bond acceptors (Lipinski definition) is 4. The fourth-order valence-corrected chi connectivity index (χ4v) is 1.76. The molecule has 0 aliphatic rings. The lowest BCUT2D eigenvalue weighted by molar-refractivity contribution is 0.282. The van der Waals surface area contributed by atoms with E-state index in [1.807, 2.05) is 13.8 Å². The van der Waals surface area contributed by atoms with E-state index >= 15 is 0 Å². The quantitative estimate of drug-likeness (QED) is 0.149. The van der Waals surface area contributed by atoms with E-state index in [0.717, 1.165) is 45.2 Å². The molecule has 0 aromatic heterocycles. The zero-order chi connectivity index (χ0) is 13.9. The number of hydrogen-bond donors (Lipinski definition) is 4. The van der Waals surface area contributed by atoms with Crippen LogP contribution in [0.25, 0.3) is 0 Å². The summed E-state index contributed by atoms with van der Waals surface area (Å²) < 4.78 is 0. The number of aliphatic hydroxyl groups is 1. The Bertz CT molecular complexity index is 230. The molecule has 0 aliphatic carbocycles. The normalized spacial score (nSPS) is 12.9. The second kappa shape index (κ2) is 10.1. The summed E-state index contributed by atoms with van der Waals surface area (Å²) in [5.74, 6) is 0.298. The highest BCUT2D eigenvalue weighted by Gasteiger charge is 2.22. The molecule has 0 heterocycles. The van der Waals surface area contributed by atoms with Gasteiger partial charge in [0.15, 0.2) is 0 Å². The van der Waals surface area contributed by atoms with Gasteiger partial charge in [-0.2, -0.15) is 0 Å². The average molecular weight is 259 g/mol. The minimum Gasteiger partial charge on any atom is -0.409 e. The molecule has 0 aliphatic heterocycles. The largest absolute Gasteiger partial charge is 0.409 e. The summed E-state index contributed by atoms with van der Waals surface area (Å²) in [5, 5.41) is 23.7. The lowest BCUT2D eigenvalue weighted by Crippen LogP contribution is -2.32. The first-order valence-electron chi connectivity index (χ1n) is 6.84. The van der Waals surface area contributed by atoms with Crippen LogP contribution in [0.5, 0.6) is 0 Å². The molecule has 5 N–H and O–H groups in total. The Labute approximate surface area is 110 Å². The van der Waals surface area contributed by atoms with Gasteiger partial charge in [-0.15, -0.1) is 0 Å². The van der Waals surface area contributed by atoms with Crippen LogP contribution in [0.1, 0.15) is 52.4 Å². The maximum atomic E-state index is 8.64. The molecule has 0 spiro atoms. The van der Waals surface area contributed by atoms with Gasteiger partial charge in [0.1, 0.15) is 5.84 Å². The highest BCUT2D eigenvalue weighted by Crippen LogP contribution is 2.21. The molecule has 0 amide bonds. The Hall–Kier alpha value is -0.810. The number of oxime groups is 1. The Balaban J connectivity index is 3.40. The topological polar surface area (TPSA) is 90.9 Å². The second-order valence-electron chi connectivity index (χ2n) is 5.36. The SMILES string of the molecule is CC(C)(CCCNCCCCCCO)C(N)=NO. The second-order valence-corrected chi connectivity index (χ2v) is 5.36. The van der Waals surface area contributed by atoms with E-state index in [1.165, 1.54) is 6.42 Å². The minimum absolute atomic E-state index is 0.239. The van der Waals surface area contributed by atoms with Crippen LogP contribution in [-0.4, -0.2) is 35.8 Å². The maximum absolute atomic E-state index is 8.64. The van der Waals surface area contributed by atoms with E-state index in [4.69, 9.17) is 16.0 Å². The van der Waals surface area contributed by atoms with E-state index in [0.29, 0.717) is 12.4 Å². The molecule has 0 bridgehead atoms. The van der Waals surface area contributed by atoms with E-state index in [2.05, 4.69) is 10.5 Å². The summed E-state index contributed by atoms with van der Waals surface area (Å²) in [7, 11) is 0. The van der Waals surface area contributed by atoms with Gasteiger partial charge in [-0.1, -0.05) is 31.8 Å². The Morgan fingerprint density at radius 1 is 1.11 bits per heavy atom. The molecule has 0 radical (unpaired) electrons. The summed E-state index contributed by atoms with van der Waals surface area (Å²) >= 11 is 0. The number of rotatable bonds is 11. The highest BCUT2D eigenvalue weighted by molar-refractivity contribution is 5.85. The highest BCUT2D eigenvalue weighted by atomic mass is 16.4. The number of nitrogens with two attached hydrogens (primary N) is 1. The first kappa shape index (κ1) is 17.2. The number of nitrogens with one attached hydrogen (secondary N) is 1. The molecule has 0 unspecified atom stereocenters. The van der Waals surface area contributed by atoms with E-state index in [9.17, 15) is 0 Å². The zero-order valence-corrected chi connectivity index (χ0v) is 11.8. The van der Waals surface area contributed by atoms with E-state index in [1.54, 1.807) is 0 Å². The summed E-state index contributed by atoms with van der Waals surface area (Å²) in [4.78, 5) is 0. The molecule has 0 atom stereocenters. The molecule has 18 heavy (non-hydrogen) atoms. The van der Waals surface area contributed by atoms with Crippen LogP contribution in [0.3, 0.4) is 0 Å². The fraction of sp³-hybridized carbons (Fsp3) is 0.923. The summed E-state index contributed by atoms with van der Waals surface area (Å²) in [5.41, 5.74) is 5.38. The van der Waals surface area contributed by atoms with Gasteiger partial charge < -0.3 is 21.4 Å². The average Bonchev–Trinajstić information content (AvgIpc) is 2.35. The van der Waals surface area contributed by atoms with Crippen molar-refractivity contribution in [1.82, 2.24) is 5.32 Å². The number of unbranched alkanes of at least 4 members (excludes halogenated alkanes) is 3. The van der Waals surface area contributed by atoms with Gasteiger partial charge in [0.2, 0.25) is 0 Å². The molecule has 0 saturated heterocycles. The van der Waals surface area contributed by atoms with Crippen molar-refractivity contribution >= 4 is 5.84 Å². The van der Waals surface area contributed by atoms with Crippen LogP contribution in [-0.2, 0) is 0 Å². The number of aliphatic hydroxyl groups excluding tert-OH is 1. The van der Waals surface area contributed by atoms with Crippen molar-refractivity contribution in [3.63, 3.8) is 0 Å². The standard InChI is InChI=1S/C13H29N3O2/c1-13(2,12(14)16-18)8-7-10-15-9-5-3-4-6-11-17/h15,17-18H,3-11H2,1-2H3,(H2,14,16). The summed E-state index contributed by atoms with van der Waals surface area (Å²) in [6.45, 7) is 6.25. The predicted octanol–water partition coefficient (Wildman–Crippen LogP) is 1.68. The third kappa shape index (κ3) is 8.31. The Morgan fingerprint density at radius 3 is 2.33 bits per heavy atom. The number of nitrogens with zero attached hydrogens (tertiary/aromatic N) is 1. The summed E-state index contributed by atoms with van der Waals surface area (Å²) in [6, 6.07) is 0. The molecule has 5 nitrogen and oxygen atoms in total. The van der Waals surface area contributed by atoms with Crippen molar-refractivity contribution in [3.8, 4) is 0 Å². The minimum atomic E-state index is -0.239. The monoisotopic (exact) mass is 259 g/mol. The fourth-order valence-electron chi connectivity index (χ4n) is 1.76. The molecular formula is C13H29N3O2. The van der Waals surface area contributed by atoms with E-state index < -0.39 is 0 Å². The third-order valence-electron chi connectivity index (χ3n) is 3.22. The van der Waals surface area contributed by atoms with Gasteiger partial charge in [0, 0.05) is 12.0 Å². The first-order chi connectivity index (χ1) is 8.54. The lowest BCUT2D eigenvalue weighted by atomic mass is 9.86. The van der Waals surface area contributed by atoms with Crippen LogP contribution in [0.15, 0.2) is 5.16 Å². The van der Waals surface area contributed by atoms with Gasteiger partial charge in [-0.3, -0.25) is 0 Å². The van der Waals surface area contributed by atoms with Gasteiger partial charge >= 0.3 is 0 Å². The molecule has 0 fully saturated rings. The predicted molar refractivity (Wildman–Crippen MR) is 74.8 cm³/mol. The van der Waals surface area contributed by atoms with Crippen LogP contribution < -0.4 is 11.1 Å². The maximum Gasteiger partial charge on any atom is 0.144 e. The van der Waals surface area contributed by atoms with Crippen LogP contribution in [0.4, 0.5) is 0 Å². The van der Waals surface area contributed by atoms with Gasteiger partial charge in [-0.25, -0.2) is 0 Å². The smallest absolute Gasteiger partial charge is 0.144 e. The third-order valence-corrected chi connectivity index (χ3v) is 3.22. The molecule has 0 aromatic carbocycles. The van der Waals surface area contributed by atoms with Crippen LogP contribution in [0.2, 0.25) is 0 Å². The molecule has 108 valence electrons. The van der Waals surface area contributed by atoms with E-state index in [-0.39, 0.29) is 5.41 Å². The summed E-state index contributed by atoms with van der Waals surface area (Å²) in [6.07, 6.45) is 6.26. The molecule has 0 saturated carbocycles. The molecular weight excluding hydrogens is 230 g/mol. The van der Waals surface area contributed by atoms with Crippen LogP contribution >= 0.6 is 0 Å².